The van der Waals surface area contributed by atoms with E-state index in [4.69, 9.17) is 9.94 Å². The number of unbranched alkanes of at least 4 members (excludes halogenated alkanes) is 3. The molecule has 0 aromatic heterocycles. The zero-order valence-corrected chi connectivity index (χ0v) is 17.5. The molecule has 30 heavy (non-hydrogen) atoms. The highest BCUT2D eigenvalue weighted by molar-refractivity contribution is 5.90. The Morgan fingerprint density at radius 1 is 0.933 bits per heavy atom. The third-order valence-corrected chi connectivity index (χ3v) is 5.12. The van der Waals surface area contributed by atoms with Crippen molar-refractivity contribution in [2.75, 3.05) is 11.9 Å². The summed E-state index contributed by atoms with van der Waals surface area (Å²) in [6.45, 7) is 0.752. The molecule has 1 saturated carbocycles. The van der Waals surface area contributed by atoms with Gasteiger partial charge in [-0.05, 0) is 56.2 Å². The van der Waals surface area contributed by atoms with E-state index in [9.17, 15) is 14.4 Å². The number of ether oxygens (including phenoxy) is 1. The van der Waals surface area contributed by atoms with Crippen molar-refractivity contribution in [2.45, 2.75) is 76.9 Å². The Morgan fingerprint density at radius 2 is 1.57 bits per heavy atom. The van der Waals surface area contributed by atoms with Crippen LogP contribution in [-0.2, 0) is 25.7 Å². The molecule has 0 bridgehead atoms. The van der Waals surface area contributed by atoms with E-state index in [0.29, 0.717) is 25.8 Å². The number of hydrogen-bond donors (Lipinski definition) is 4. The Kier molecular flexibility index (Phi) is 10.9. The van der Waals surface area contributed by atoms with Crippen molar-refractivity contribution in [1.82, 2.24) is 10.8 Å². The number of hydrogen-bond acceptors (Lipinski definition) is 6. The van der Waals surface area contributed by atoms with Crippen molar-refractivity contribution in [2.24, 2.45) is 0 Å². The number of benzene rings is 1. The van der Waals surface area contributed by atoms with Crippen LogP contribution in [0.3, 0.4) is 0 Å². The summed E-state index contributed by atoms with van der Waals surface area (Å²) in [5, 5.41) is 14.4. The zero-order valence-electron chi connectivity index (χ0n) is 17.5. The third kappa shape index (κ3) is 9.84. The van der Waals surface area contributed by atoms with Crippen LogP contribution in [0.2, 0.25) is 0 Å². The number of esters is 1. The first-order valence-electron chi connectivity index (χ1n) is 10.8. The highest BCUT2D eigenvalue weighted by atomic mass is 16.5. The van der Waals surface area contributed by atoms with Crippen LogP contribution in [0, 0.1) is 0 Å². The van der Waals surface area contributed by atoms with Gasteiger partial charge in [0.2, 0.25) is 11.8 Å². The largest absolute Gasteiger partial charge is 0.461 e. The van der Waals surface area contributed by atoms with Gasteiger partial charge in [0.15, 0.2) is 0 Å². The van der Waals surface area contributed by atoms with Crippen molar-refractivity contribution in [1.29, 1.82) is 0 Å². The summed E-state index contributed by atoms with van der Waals surface area (Å²) in [7, 11) is 0. The number of anilines is 1. The van der Waals surface area contributed by atoms with Crippen LogP contribution in [0.25, 0.3) is 0 Å². The number of carbonyl (C=O) groups excluding carboxylic acids is 3. The second kappa shape index (κ2) is 13.7. The molecule has 8 heteroatoms. The number of rotatable bonds is 13. The Labute approximate surface area is 177 Å². The number of hydroxylamine groups is 1. The SMILES string of the molecule is O=C(CCCCCCC(=O)Nc1ccc(CNCC(=O)OC2CCCC2)cc1)NO. The van der Waals surface area contributed by atoms with Gasteiger partial charge in [-0.3, -0.25) is 19.6 Å². The third-order valence-electron chi connectivity index (χ3n) is 5.12. The summed E-state index contributed by atoms with van der Waals surface area (Å²) in [5.74, 6) is -0.624. The van der Waals surface area contributed by atoms with Gasteiger partial charge >= 0.3 is 5.97 Å². The van der Waals surface area contributed by atoms with E-state index < -0.39 is 0 Å². The molecule has 1 aliphatic rings. The monoisotopic (exact) mass is 419 g/mol. The summed E-state index contributed by atoms with van der Waals surface area (Å²) >= 11 is 0. The molecule has 166 valence electrons. The molecule has 0 atom stereocenters. The fourth-order valence-corrected chi connectivity index (χ4v) is 3.45. The smallest absolute Gasteiger partial charge is 0.320 e. The van der Waals surface area contributed by atoms with Crippen molar-refractivity contribution >= 4 is 23.5 Å². The predicted molar refractivity (Wildman–Crippen MR) is 113 cm³/mol. The molecule has 1 aromatic rings. The quantitative estimate of drug-likeness (QED) is 0.169. The van der Waals surface area contributed by atoms with Crippen molar-refractivity contribution in [3.8, 4) is 0 Å². The molecular formula is C22H33N3O5. The van der Waals surface area contributed by atoms with Crippen LogP contribution in [0.4, 0.5) is 5.69 Å². The molecule has 8 nitrogen and oxygen atoms in total. The number of carbonyl (C=O) groups is 3. The van der Waals surface area contributed by atoms with E-state index in [2.05, 4.69) is 10.6 Å². The lowest BCUT2D eigenvalue weighted by Crippen LogP contribution is -2.27. The van der Waals surface area contributed by atoms with Crippen LogP contribution in [0.5, 0.6) is 0 Å². The molecule has 0 spiro atoms. The maximum Gasteiger partial charge on any atom is 0.320 e. The predicted octanol–water partition coefficient (Wildman–Crippen LogP) is 3.05. The lowest BCUT2D eigenvalue weighted by atomic mass is 10.1. The fourth-order valence-electron chi connectivity index (χ4n) is 3.45. The van der Waals surface area contributed by atoms with Crippen LogP contribution >= 0.6 is 0 Å². The van der Waals surface area contributed by atoms with Gasteiger partial charge in [-0.15, -0.1) is 0 Å². The van der Waals surface area contributed by atoms with Crippen LogP contribution in [0.15, 0.2) is 24.3 Å². The minimum absolute atomic E-state index is 0.0383. The Hall–Kier alpha value is -2.45. The summed E-state index contributed by atoms with van der Waals surface area (Å²) < 4.78 is 5.40. The first kappa shape index (κ1) is 23.8. The summed E-state index contributed by atoms with van der Waals surface area (Å²) in [4.78, 5) is 34.7. The molecule has 1 fully saturated rings. The second-order valence-electron chi connectivity index (χ2n) is 7.69. The summed E-state index contributed by atoms with van der Waals surface area (Å²) in [5.41, 5.74) is 3.37. The van der Waals surface area contributed by atoms with Gasteiger partial charge in [-0.1, -0.05) is 25.0 Å². The van der Waals surface area contributed by atoms with Gasteiger partial charge in [0.05, 0.1) is 6.54 Å². The molecule has 0 radical (unpaired) electrons. The van der Waals surface area contributed by atoms with E-state index >= 15 is 0 Å². The number of nitrogens with one attached hydrogen (secondary N) is 3. The van der Waals surface area contributed by atoms with Gasteiger partial charge in [-0.25, -0.2) is 5.48 Å². The molecule has 0 heterocycles. The van der Waals surface area contributed by atoms with E-state index in [1.54, 1.807) is 5.48 Å². The van der Waals surface area contributed by atoms with E-state index in [1.165, 1.54) is 0 Å². The van der Waals surface area contributed by atoms with Gasteiger partial charge in [0, 0.05) is 25.1 Å². The molecule has 0 unspecified atom stereocenters. The Morgan fingerprint density at radius 3 is 2.20 bits per heavy atom. The van der Waals surface area contributed by atoms with Crippen LogP contribution < -0.4 is 16.1 Å². The topological polar surface area (TPSA) is 117 Å². The molecule has 2 amide bonds. The first-order valence-corrected chi connectivity index (χ1v) is 10.8. The fraction of sp³-hybridized carbons (Fsp3) is 0.591. The van der Waals surface area contributed by atoms with E-state index in [0.717, 1.165) is 56.2 Å². The van der Waals surface area contributed by atoms with Gasteiger partial charge in [0.1, 0.15) is 6.10 Å². The van der Waals surface area contributed by atoms with Crippen LogP contribution in [0.1, 0.15) is 69.8 Å². The maximum absolute atomic E-state index is 12.0. The van der Waals surface area contributed by atoms with Gasteiger partial charge in [-0.2, -0.15) is 0 Å². The van der Waals surface area contributed by atoms with Gasteiger partial charge < -0.3 is 15.4 Å². The highest BCUT2D eigenvalue weighted by Gasteiger charge is 2.18. The standard InChI is InChI=1S/C22H33N3O5/c26-20(9-3-1-2-4-10-21(27)25-29)24-18-13-11-17(12-14-18)15-23-16-22(28)30-19-7-5-6-8-19/h11-14,19,23,29H,1-10,15-16H2,(H,24,26)(H,25,27). The maximum atomic E-state index is 12.0. The molecule has 0 saturated heterocycles. The minimum Gasteiger partial charge on any atom is -0.461 e. The molecule has 0 aliphatic heterocycles. The highest BCUT2D eigenvalue weighted by Crippen LogP contribution is 2.20. The summed E-state index contributed by atoms with van der Waals surface area (Å²) in [6.07, 6.45) is 8.20. The molecule has 4 N–H and O–H groups in total. The minimum atomic E-state index is -0.379. The Balaban J connectivity index is 1.55. The van der Waals surface area contributed by atoms with Crippen molar-refractivity contribution in [3.05, 3.63) is 29.8 Å². The van der Waals surface area contributed by atoms with Crippen LogP contribution in [-0.4, -0.2) is 35.6 Å². The summed E-state index contributed by atoms with van der Waals surface area (Å²) in [6, 6.07) is 7.52. The lowest BCUT2D eigenvalue weighted by Gasteiger charge is -2.12. The average molecular weight is 420 g/mol. The molecule has 1 aliphatic carbocycles. The van der Waals surface area contributed by atoms with Gasteiger partial charge in [0.25, 0.3) is 0 Å². The molecular weight excluding hydrogens is 386 g/mol. The average Bonchev–Trinajstić information content (AvgIpc) is 3.24. The van der Waals surface area contributed by atoms with E-state index in [1.807, 2.05) is 24.3 Å². The Bertz CT molecular complexity index is 672. The lowest BCUT2D eigenvalue weighted by molar-refractivity contribution is -0.147. The second-order valence-corrected chi connectivity index (χ2v) is 7.69. The van der Waals surface area contributed by atoms with Crippen molar-refractivity contribution < 1.29 is 24.3 Å². The number of amides is 2. The molecule has 2 rings (SSSR count). The molecule has 1 aromatic carbocycles. The first-order chi connectivity index (χ1) is 14.6. The van der Waals surface area contributed by atoms with Crippen molar-refractivity contribution in [3.63, 3.8) is 0 Å². The van der Waals surface area contributed by atoms with E-state index in [-0.39, 0.29) is 30.4 Å². The normalized spacial score (nSPS) is 13.8. The zero-order chi connectivity index (χ0) is 21.6.